The number of nitrogens with zero attached hydrogens (tertiary/aromatic N) is 1. The van der Waals surface area contributed by atoms with E-state index in [9.17, 15) is 23.8 Å². The van der Waals surface area contributed by atoms with Crippen LogP contribution >= 0.6 is 7.67 Å². The van der Waals surface area contributed by atoms with Gasteiger partial charge in [0.15, 0.2) is 0 Å². The van der Waals surface area contributed by atoms with E-state index in [2.05, 4.69) is 14.9 Å². The van der Waals surface area contributed by atoms with Crippen molar-refractivity contribution in [3.05, 3.63) is 12.2 Å². The number of nitrogens with one attached hydrogen (secondary N) is 2. The molecule has 0 spiro atoms. The van der Waals surface area contributed by atoms with Crippen molar-refractivity contribution in [3.63, 3.8) is 0 Å². The average Bonchev–Trinajstić information content (AvgIpc) is 2.69. The van der Waals surface area contributed by atoms with Crippen LogP contribution in [0.15, 0.2) is 12.2 Å². The number of esters is 1. The zero-order valence-corrected chi connectivity index (χ0v) is 11.8. The third kappa shape index (κ3) is 5.22. The fraction of sp³-hybridized carbons (Fsp3) is 0.500. The molecule has 3 N–H and O–H groups in total. The molecule has 0 aromatic heterocycles. The number of imide groups is 1. The third-order valence-electron chi connectivity index (χ3n) is 2.44. The Hall–Kier alpha value is -1.54. The van der Waals surface area contributed by atoms with Gasteiger partial charge in [-0.25, -0.2) is 10.2 Å². The van der Waals surface area contributed by atoms with Crippen LogP contribution in [0.3, 0.4) is 0 Å². The molecule has 20 heavy (non-hydrogen) atoms. The lowest BCUT2D eigenvalue weighted by Gasteiger charge is -2.17. The van der Waals surface area contributed by atoms with Crippen molar-refractivity contribution in [1.82, 2.24) is 15.1 Å². The van der Waals surface area contributed by atoms with E-state index in [1.165, 1.54) is 7.11 Å². The highest BCUT2D eigenvalue weighted by Crippen LogP contribution is 2.28. The lowest BCUT2D eigenvalue weighted by molar-refractivity contribution is -0.140. The van der Waals surface area contributed by atoms with Gasteiger partial charge in [-0.1, -0.05) is 0 Å². The molecule has 0 fully saturated rings. The van der Waals surface area contributed by atoms with E-state index in [1.54, 1.807) is 0 Å². The summed E-state index contributed by atoms with van der Waals surface area (Å²) in [7, 11) is -2.61. The first-order valence-corrected chi connectivity index (χ1v) is 7.45. The number of ether oxygens (including phenoxy) is 1. The summed E-state index contributed by atoms with van der Waals surface area (Å²) in [4.78, 5) is 43.7. The Bertz CT molecular complexity index is 460. The molecule has 0 saturated heterocycles. The average molecular weight is 305 g/mol. The van der Waals surface area contributed by atoms with Crippen molar-refractivity contribution < 1.29 is 28.6 Å². The number of methoxy groups -OCH3 is 1. The van der Waals surface area contributed by atoms with E-state index < -0.39 is 25.5 Å². The monoisotopic (exact) mass is 305 g/mol. The molecule has 10 heteroatoms. The van der Waals surface area contributed by atoms with Crippen LogP contribution in [0.25, 0.3) is 0 Å². The highest BCUT2D eigenvalue weighted by molar-refractivity contribution is 7.53. The summed E-state index contributed by atoms with van der Waals surface area (Å²) in [6.07, 6.45) is 2.22. The summed E-state index contributed by atoms with van der Waals surface area (Å²) in [5, 5.41) is 4.56. The Kier molecular flexibility index (Phi) is 6.03. The van der Waals surface area contributed by atoms with E-state index in [0.717, 1.165) is 17.1 Å². The maximum atomic E-state index is 11.6. The minimum absolute atomic E-state index is 0.0199. The van der Waals surface area contributed by atoms with Crippen LogP contribution in [-0.4, -0.2) is 54.3 Å². The van der Waals surface area contributed by atoms with Gasteiger partial charge in [-0.2, -0.15) is 0 Å². The highest BCUT2D eigenvalue weighted by Gasteiger charge is 2.24. The summed E-state index contributed by atoms with van der Waals surface area (Å²) in [5.41, 5.74) is 0. The van der Waals surface area contributed by atoms with Crippen molar-refractivity contribution in [2.45, 2.75) is 6.42 Å². The Morgan fingerprint density at radius 1 is 1.30 bits per heavy atom. The Labute approximate surface area is 115 Å². The summed E-state index contributed by atoms with van der Waals surface area (Å²) in [6, 6.07) is 0. The second kappa shape index (κ2) is 7.30. The summed E-state index contributed by atoms with van der Waals surface area (Å²) in [5.74, 6) is -1.41. The van der Waals surface area contributed by atoms with E-state index >= 15 is 0 Å². The third-order valence-corrected chi connectivity index (χ3v) is 3.75. The zero-order chi connectivity index (χ0) is 15.2. The van der Waals surface area contributed by atoms with Gasteiger partial charge in [0.25, 0.3) is 11.8 Å². The van der Waals surface area contributed by atoms with Gasteiger partial charge in [0.1, 0.15) is 0 Å². The Morgan fingerprint density at radius 2 is 1.85 bits per heavy atom. The topological polar surface area (TPSA) is 125 Å². The molecule has 1 heterocycles. The Morgan fingerprint density at radius 3 is 2.40 bits per heavy atom. The van der Waals surface area contributed by atoms with Gasteiger partial charge in [-0.05, 0) is 0 Å². The largest absolute Gasteiger partial charge is 0.469 e. The van der Waals surface area contributed by atoms with Gasteiger partial charge in [0, 0.05) is 31.8 Å². The minimum Gasteiger partial charge on any atom is -0.469 e. The van der Waals surface area contributed by atoms with Crippen molar-refractivity contribution in [2.24, 2.45) is 0 Å². The fourth-order valence-electron chi connectivity index (χ4n) is 1.43. The second-order valence-corrected chi connectivity index (χ2v) is 5.66. The molecule has 1 rings (SSSR count). The van der Waals surface area contributed by atoms with Crippen LogP contribution in [-0.2, 0) is 23.7 Å². The standard InChI is InChI=1S/C10H16N3O6P/c1-19-10(16)4-5-11-20(17,18)12-6-7-13-8(14)2-3-9(13)15/h2-3H,4-7H2,1H3,(H3,11,12,17,18). The fourth-order valence-corrected chi connectivity index (χ4v) is 2.36. The molecule has 1 aliphatic heterocycles. The van der Waals surface area contributed by atoms with Crippen molar-refractivity contribution in [3.8, 4) is 0 Å². The first kappa shape index (κ1) is 16.5. The first-order valence-electron chi connectivity index (χ1n) is 5.79. The number of amides is 2. The quantitative estimate of drug-likeness (QED) is 0.289. The number of rotatable bonds is 8. The molecule has 112 valence electrons. The minimum atomic E-state index is -3.83. The summed E-state index contributed by atoms with van der Waals surface area (Å²) >= 11 is 0. The SMILES string of the molecule is COC(=O)CCNP(=O)(O)NCCN1C(=O)C=CC1=O. The molecular formula is C10H16N3O6P. The molecule has 2 amide bonds. The molecule has 0 aromatic rings. The molecule has 0 aliphatic carbocycles. The van der Waals surface area contributed by atoms with Gasteiger partial charge < -0.3 is 9.63 Å². The molecule has 0 saturated carbocycles. The molecule has 9 nitrogen and oxygen atoms in total. The molecule has 0 aromatic carbocycles. The van der Waals surface area contributed by atoms with Gasteiger partial charge in [0.2, 0.25) is 0 Å². The van der Waals surface area contributed by atoms with Gasteiger partial charge in [-0.3, -0.25) is 23.8 Å². The lowest BCUT2D eigenvalue weighted by atomic mass is 10.4. The molecule has 1 aliphatic rings. The van der Waals surface area contributed by atoms with Crippen LogP contribution in [0.1, 0.15) is 6.42 Å². The van der Waals surface area contributed by atoms with Crippen molar-refractivity contribution in [2.75, 3.05) is 26.7 Å². The van der Waals surface area contributed by atoms with Gasteiger partial charge in [-0.15, -0.1) is 0 Å². The predicted octanol–water partition coefficient (Wildman–Crippen LogP) is -1.25. The number of hydrogen-bond donors (Lipinski definition) is 3. The highest BCUT2D eigenvalue weighted by atomic mass is 31.2. The summed E-state index contributed by atoms with van der Waals surface area (Å²) in [6.45, 7) is -0.0946. The van der Waals surface area contributed by atoms with E-state index in [4.69, 9.17) is 0 Å². The smallest absolute Gasteiger partial charge is 0.338 e. The Balaban J connectivity index is 2.26. The second-order valence-electron chi connectivity index (χ2n) is 3.88. The summed E-state index contributed by atoms with van der Waals surface area (Å²) < 4.78 is 16.0. The van der Waals surface area contributed by atoms with E-state index in [0.29, 0.717) is 0 Å². The molecule has 1 unspecified atom stereocenters. The van der Waals surface area contributed by atoms with Crippen LogP contribution in [0.4, 0.5) is 0 Å². The van der Waals surface area contributed by atoms with Crippen molar-refractivity contribution >= 4 is 25.5 Å². The van der Waals surface area contributed by atoms with Gasteiger partial charge >= 0.3 is 13.6 Å². The first-order chi connectivity index (χ1) is 9.35. The number of carbonyl (C=O) groups excluding carboxylic acids is 3. The van der Waals surface area contributed by atoms with Crippen LogP contribution in [0.2, 0.25) is 0 Å². The van der Waals surface area contributed by atoms with E-state index in [1.807, 2.05) is 0 Å². The molecule has 0 radical (unpaired) electrons. The zero-order valence-electron chi connectivity index (χ0n) is 10.9. The van der Waals surface area contributed by atoms with Crippen LogP contribution < -0.4 is 10.2 Å². The maximum Gasteiger partial charge on any atom is 0.338 e. The lowest BCUT2D eigenvalue weighted by Crippen LogP contribution is -2.37. The molecule has 1 atom stereocenters. The van der Waals surface area contributed by atoms with Crippen LogP contribution in [0.5, 0.6) is 0 Å². The molecule has 0 bridgehead atoms. The van der Waals surface area contributed by atoms with Crippen LogP contribution in [0, 0.1) is 0 Å². The van der Waals surface area contributed by atoms with Gasteiger partial charge in [0.05, 0.1) is 13.5 Å². The van der Waals surface area contributed by atoms with Crippen molar-refractivity contribution in [1.29, 1.82) is 0 Å². The number of hydrogen-bond acceptors (Lipinski definition) is 5. The van der Waals surface area contributed by atoms with E-state index in [-0.39, 0.29) is 26.1 Å². The normalized spacial score (nSPS) is 17.4. The predicted molar refractivity (Wildman–Crippen MR) is 68.3 cm³/mol. The number of carbonyl (C=O) groups is 3. The molecular weight excluding hydrogens is 289 g/mol. The maximum absolute atomic E-state index is 11.6.